The number of methoxy groups -OCH3 is 1. The number of ether oxygens (including phenoxy) is 5. The minimum absolute atomic E-state index is 0.218. The fourth-order valence-corrected chi connectivity index (χ4v) is 30.1. The van der Waals surface area contributed by atoms with Gasteiger partial charge in [0.25, 0.3) is 0 Å². The standard InChI is InChI=1S/C34H57NO5SSi4.C22H25NO6S.C21H23NO5S.C16H36O5Si3.C15H12BrNS/c1-15-28-31(37-42(3,4)5)32(38-43(6,7)8)33(39-44(9,10)11)34(36-28,40-45(12,13)14)26-21-20-24(2)25(22-26)23-30-35-27-18-16-17-19-29(27)41-30;1-12-7-8-14(22(28-2)21(27)20(26)19(25)16(11-24)29-22)9-13(12)10-18-23-15-5-3-4-6-17(15)30-18;1-11-6-7-12(21-20(26)19(25)18(24)15(10-23)27-21)8-13(11)9-17-22-14-4-2-3-5-16(14)28-17;1-11-12-13(19-22(2,3)4)14(20-23(5,6)7)15(16(17)18-12)21-24(8,9)10;1-10-6-7-12(16)8-11(10)9-15-17-13-4-2-3-5-14(13)18-15/h16-22,28,31-33H,15,23H2,1-14H3;3-9,16,19-21,24-27H,10-11H2,1-2H3;2-8,15,18-21,23-26H,9-10H2,1H3;12-15H,11H2,1-10H3;2-8H,9H2,1H3/t28-,31-,32+,33-,34-;16-,19-,20+,21-,22+;15-,18-,19+,20-,21+;12-,13-,14+,15-;/m1111./s1. The summed E-state index contributed by atoms with van der Waals surface area (Å²) in [6.07, 6.45) is -9.90. The molecule has 0 amide bonds. The number of para-hydroxylation sites is 4. The van der Waals surface area contributed by atoms with Gasteiger partial charge in [-0.2, -0.15) is 0 Å². The fourth-order valence-electron chi connectivity index (χ4n) is 18.1. The van der Waals surface area contributed by atoms with Gasteiger partial charge in [-0.1, -0.05) is 127 Å². The Kier molecular flexibility index (Phi) is 39.8. The van der Waals surface area contributed by atoms with Gasteiger partial charge in [-0.05, 0) is 301 Å². The maximum atomic E-state index is 12.6. The highest BCUT2D eigenvalue weighted by atomic mass is 79.9. The van der Waals surface area contributed by atoms with Gasteiger partial charge in [0.2, 0.25) is 11.6 Å². The predicted molar refractivity (Wildman–Crippen MR) is 604 cm³/mol. The zero-order valence-corrected chi connectivity index (χ0v) is 101. The Bertz CT molecular complexity index is 6180. The van der Waals surface area contributed by atoms with Crippen LogP contribution in [0.4, 0.5) is 0 Å². The second-order valence-corrected chi connectivity index (χ2v) is 81.4. The number of rotatable bonds is 30. The molecule has 4 aliphatic rings. The van der Waals surface area contributed by atoms with Crippen molar-refractivity contribution in [2.75, 3.05) is 20.3 Å². The number of thiazole rings is 4. The van der Waals surface area contributed by atoms with Crippen LogP contribution in [-0.4, -0.2) is 243 Å². The van der Waals surface area contributed by atoms with Gasteiger partial charge >= 0.3 is 5.97 Å². The lowest BCUT2D eigenvalue weighted by atomic mass is 9.86. The van der Waals surface area contributed by atoms with Crippen molar-refractivity contribution in [3.05, 3.63) is 256 Å². The van der Waals surface area contributed by atoms with Gasteiger partial charge in [-0.3, -0.25) is 0 Å². The van der Waals surface area contributed by atoms with Crippen molar-refractivity contribution < 1.29 is 100 Å². The Hall–Kier alpha value is -5.97. The lowest BCUT2D eigenvalue weighted by Crippen LogP contribution is -2.70. The summed E-state index contributed by atoms with van der Waals surface area (Å²) in [5, 5.41) is 84.8. The number of aryl methyl sites for hydroxylation is 4. The molecule has 8 heterocycles. The van der Waals surface area contributed by atoms with E-state index in [4.69, 9.17) is 64.6 Å². The van der Waals surface area contributed by atoms with E-state index >= 15 is 0 Å². The Balaban J connectivity index is 0.000000167. The Morgan fingerprint density at radius 1 is 0.372 bits per heavy atom. The number of hydrogen-bond donors (Lipinski definition) is 8. The van der Waals surface area contributed by atoms with E-state index in [1.807, 2.05) is 106 Å². The maximum absolute atomic E-state index is 12.6. The molecule has 4 saturated heterocycles. The summed E-state index contributed by atoms with van der Waals surface area (Å²) < 4.78 is 83.8. The number of aromatic nitrogens is 4. The summed E-state index contributed by atoms with van der Waals surface area (Å²) in [6, 6.07) is 56.9. The quantitative estimate of drug-likeness (QED) is 0.0153. The Labute approximate surface area is 888 Å². The molecule has 19 atom stereocenters. The summed E-state index contributed by atoms with van der Waals surface area (Å²) in [4.78, 5) is 31.6. The number of aliphatic hydroxyl groups excluding tert-OH is 8. The molecule has 0 aliphatic carbocycles. The molecule has 8 N–H and O–H groups in total. The molecule has 4 fully saturated rings. The van der Waals surface area contributed by atoms with Crippen molar-refractivity contribution in [3.63, 3.8) is 0 Å². The smallest absolute Gasteiger partial charge is 0.337 e. The number of fused-ring (bicyclic) bond motifs is 4. The van der Waals surface area contributed by atoms with Gasteiger partial charge in [0.1, 0.15) is 85.5 Å². The molecular formula is C108H153BrN4O21S4Si7. The summed E-state index contributed by atoms with van der Waals surface area (Å²) >= 11 is 10.3. The Morgan fingerprint density at radius 2 is 0.724 bits per heavy atom. The molecule has 0 unspecified atom stereocenters. The summed E-state index contributed by atoms with van der Waals surface area (Å²) in [5.41, 5.74) is 15.5. The van der Waals surface area contributed by atoms with Crippen LogP contribution >= 0.6 is 61.3 Å². The normalized spacial score (nSPS) is 25.6. The van der Waals surface area contributed by atoms with E-state index < -0.39 is 150 Å². The lowest BCUT2D eigenvalue weighted by Gasteiger charge is -2.57. The van der Waals surface area contributed by atoms with Crippen molar-refractivity contribution in [1.82, 2.24) is 19.9 Å². The number of carbonyl (C=O) groups excluding carboxylic acids is 1. The molecule has 0 radical (unpaired) electrons. The first-order valence-corrected chi connectivity index (χ1v) is 78.0. The van der Waals surface area contributed by atoms with Crippen LogP contribution in [0.2, 0.25) is 137 Å². The van der Waals surface area contributed by atoms with Crippen LogP contribution in [0, 0.1) is 27.7 Å². The maximum Gasteiger partial charge on any atom is 0.337 e. The van der Waals surface area contributed by atoms with E-state index in [0.29, 0.717) is 30.4 Å². The molecular weight excluding hydrogens is 2090 g/mol. The third-order valence-corrected chi connectivity index (χ3v) is 36.1. The first kappa shape index (κ1) is 118. The zero-order chi connectivity index (χ0) is 106. The Morgan fingerprint density at radius 3 is 1.11 bits per heavy atom. The van der Waals surface area contributed by atoms with Crippen LogP contribution in [0.5, 0.6) is 0 Å². The average Bonchev–Trinajstić information content (AvgIpc) is 1.61. The van der Waals surface area contributed by atoms with E-state index in [-0.39, 0.29) is 42.6 Å². The molecule has 12 aromatic rings. The minimum Gasteiger partial charge on any atom is -0.458 e. The molecule has 16 rings (SSSR count). The number of carbonyl (C=O) groups is 1. The van der Waals surface area contributed by atoms with Crippen LogP contribution in [0.3, 0.4) is 0 Å². The van der Waals surface area contributed by atoms with Crippen LogP contribution in [0.25, 0.3) is 40.9 Å². The van der Waals surface area contributed by atoms with Gasteiger partial charge < -0.3 is 95.5 Å². The second kappa shape index (κ2) is 49.0. The molecule has 145 heavy (non-hydrogen) atoms. The van der Waals surface area contributed by atoms with E-state index in [0.717, 1.165) is 98.0 Å². The molecule has 0 spiro atoms. The van der Waals surface area contributed by atoms with Crippen molar-refractivity contribution in [1.29, 1.82) is 0 Å². The zero-order valence-electron chi connectivity index (χ0n) is 89.3. The topological polar surface area (TPSA) is 341 Å². The third kappa shape index (κ3) is 31.0. The second-order valence-electron chi connectivity index (χ2n) is 44.8. The van der Waals surface area contributed by atoms with Crippen molar-refractivity contribution in [2.45, 2.75) is 333 Å². The number of nitrogens with zero attached hydrogens (tertiary/aromatic N) is 4. The number of aliphatic hydroxyl groups is 8. The highest BCUT2D eigenvalue weighted by Crippen LogP contribution is 2.50. The highest BCUT2D eigenvalue weighted by molar-refractivity contribution is 9.10. The predicted octanol–water partition coefficient (Wildman–Crippen LogP) is 21.8. The first-order valence-electron chi connectivity index (χ1n) is 50.1. The van der Waals surface area contributed by atoms with E-state index in [1.54, 1.807) is 51.4 Å². The van der Waals surface area contributed by atoms with Crippen molar-refractivity contribution in [2.24, 2.45) is 0 Å². The van der Waals surface area contributed by atoms with Gasteiger partial charge in [0, 0.05) is 48.4 Å². The van der Waals surface area contributed by atoms with Crippen LogP contribution in [0.1, 0.15) is 114 Å². The summed E-state index contributed by atoms with van der Waals surface area (Å²) in [6.45, 7) is 57.6. The van der Waals surface area contributed by atoms with Crippen molar-refractivity contribution in [3.8, 4) is 0 Å². The highest BCUT2D eigenvalue weighted by Gasteiger charge is 2.62. The van der Waals surface area contributed by atoms with Crippen LogP contribution < -0.4 is 0 Å². The third-order valence-electron chi connectivity index (χ3n) is 24.7. The largest absolute Gasteiger partial charge is 0.458 e. The van der Waals surface area contributed by atoms with E-state index in [2.05, 4.69) is 263 Å². The van der Waals surface area contributed by atoms with Gasteiger partial charge in [0.15, 0.2) is 64.3 Å². The van der Waals surface area contributed by atoms with Crippen LogP contribution in [-0.2, 0) is 96.7 Å². The van der Waals surface area contributed by atoms with Gasteiger partial charge in [0.05, 0.1) is 86.3 Å². The SMILES string of the molecule is CC[C@H]1OC(=O)[C@H](O[Si](C)(C)C)[C@@H](O[Si](C)(C)C)[C@@H]1O[Si](C)(C)C.CC[C@H]1O[C@@](O[Si](C)(C)C)(c2ccc(C)c(Cc3nc4ccccc4s3)c2)[C@H](O[Si](C)(C)C)[C@@H](O[Si](C)(C)C)[C@@H]1O[Si](C)(C)C.CO[C@@]1(c2ccc(C)c(Cc3nc4ccccc4s3)c2)O[C@H](CO)[C@@H](O)[C@H](O)[C@H]1O.Cc1ccc(Br)cc1Cc1nc2ccccc2s1.Cc1ccc([C@@H]2O[C@H](CO)[C@@H](O)[C@H](O)[C@H]2O)cc1Cc1nc2ccccc2s1. The fraction of sp³-hybridized carbons (Fsp3) is 0.509. The molecule has 8 aromatic carbocycles. The summed E-state index contributed by atoms with van der Waals surface area (Å²) in [5.74, 6) is -3.17. The molecule has 4 aliphatic heterocycles. The molecule has 0 bridgehead atoms. The van der Waals surface area contributed by atoms with Gasteiger partial charge in [-0.25, -0.2) is 24.7 Å². The molecule has 0 saturated carbocycles. The van der Waals surface area contributed by atoms with Crippen LogP contribution in [0.15, 0.2) is 174 Å². The van der Waals surface area contributed by atoms with Crippen molar-refractivity contribution >= 4 is 166 Å². The number of hydrogen-bond acceptors (Lipinski definition) is 29. The molecule has 37 heteroatoms. The number of cyclic esters (lactones) is 1. The number of halogens is 1. The van der Waals surface area contributed by atoms with Gasteiger partial charge in [-0.15, -0.1) is 45.3 Å². The monoisotopic (exact) mass is 2240 g/mol. The summed E-state index contributed by atoms with van der Waals surface area (Å²) in [7, 11) is -12.7. The number of benzene rings is 8. The molecule has 4 aromatic heterocycles. The van der Waals surface area contributed by atoms with E-state index in [1.165, 1.54) is 43.8 Å². The molecule has 25 nitrogen and oxygen atoms in total. The first-order chi connectivity index (χ1) is 67.8. The van der Waals surface area contributed by atoms with E-state index in [9.17, 15) is 45.6 Å². The average molecular weight is 2250 g/mol. The minimum atomic E-state index is -2.22. The molecule has 790 valence electrons. The number of esters is 1. The lowest BCUT2D eigenvalue weighted by molar-refractivity contribution is -0.366.